The third-order valence-corrected chi connectivity index (χ3v) is 4.93. The Bertz CT molecular complexity index is 1230. The third kappa shape index (κ3) is 5.51. The van der Waals surface area contributed by atoms with Gasteiger partial charge < -0.3 is 10.6 Å². The fourth-order valence-electron chi connectivity index (χ4n) is 3.39. The summed E-state index contributed by atoms with van der Waals surface area (Å²) >= 11 is 0. The molecule has 0 atom stereocenters. The van der Waals surface area contributed by atoms with E-state index in [0.717, 1.165) is 11.3 Å². The predicted octanol–water partition coefficient (Wildman–Crippen LogP) is 5.17. The first-order valence-electron chi connectivity index (χ1n) is 10.8. The number of hydrogen-bond acceptors (Lipinski definition) is 4. The SMILES string of the molecule is CC(C)CC(=O)Nc1ccc(NC(=O)c2cn(-c3ccccc3)nc2-c2cccnc2)cc1. The van der Waals surface area contributed by atoms with Crippen molar-refractivity contribution in [3.8, 4) is 16.9 Å². The maximum atomic E-state index is 13.2. The van der Waals surface area contributed by atoms with Crippen molar-refractivity contribution in [2.24, 2.45) is 5.92 Å². The number of nitrogens with zero attached hydrogens (tertiary/aromatic N) is 3. The second-order valence-corrected chi connectivity index (χ2v) is 8.09. The highest BCUT2D eigenvalue weighted by atomic mass is 16.2. The monoisotopic (exact) mass is 439 g/mol. The normalized spacial score (nSPS) is 10.8. The van der Waals surface area contributed by atoms with Gasteiger partial charge in [-0.2, -0.15) is 5.10 Å². The van der Waals surface area contributed by atoms with Crippen molar-refractivity contribution >= 4 is 23.2 Å². The first kappa shape index (κ1) is 22.0. The number of carbonyl (C=O) groups is 2. The Kier molecular flexibility index (Phi) is 6.59. The van der Waals surface area contributed by atoms with Crippen LogP contribution < -0.4 is 10.6 Å². The summed E-state index contributed by atoms with van der Waals surface area (Å²) in [7, 11) is 0. The number of anilines is 2. The van der Waals surface area contributed by atoms with Gasteiger partial charge in [-0.05, 0) is 54.4 Å². The Balaban J connectivity index is 1.56. The lowest BCUT2D eigenvalue weighted by Crippen LogP contribution is -2.14. The van der Waals surface area contributed by atoms with Gasteiger partial charge in [-0.25, -0.2) is 4.68 Å². The Labute approximate surface area is 192 Å². The lowest BCUT2D eigenvalue weighted by atomic mass is 10.1. The number of amides is 2. The van der Waals surface area contributed by atoms with Gasteiger partial charge in [-0.3, -0.25) is 14.6 Å². The molecule has 166 valence electrons. The minimum Gasteiger partial charge on any atom is -0.326 e. The Morgan fingerprint density at radius 3 is 2.24 bits per heavy atom. The van der Waals surface area contributed by atoms with E-state index in [2.05, 4.69) is 20.7 Å². The van der Waals surface area contributed by atoms with E-state index in [4.69, 9.17) is 0 Å². The number of nitrogens with one attached hydrogen (secondary N) is 2. The molecule has 0 unspecified atom stereocenters. The zero-order valence-electron chi connectivity index (χ0n) is 18.5. The number of hydrogen-bond donors (Lipinski definition) is 2. The average Bonchev–Trinajstić information content (AvgIpc) is 3.27. The van der Waals surface area contributed by atoms with Crippen molar-refractivity contribution in [3.63, 3.8) is 0 Å². The van der Waals surface area contributed by atoms with Gasteiger partial charge in [0.2, 0.25) is 5.91 Å². The van der Waals surface area contributed by atoms with Gasteiger partial charge >= 0.3 is 0 Å². The molecule has 7 nitrogen and oxygen atoms in total. The summed E-state index contributed by atoms with van der Waals surface area (Å²) in [5.41, 5.74) is 3.88. The van der Waals surface area contributed by atoms with Crippen LogP contribution >= 0.6 is 0 Å². The van der Waals surface area contributed by atoms with Gasteiger partial charge in [0, 0.05) is 41.9 Å². The molecule has 0 aliphatic carbocycles. The summed E-state index contributed by atoms with van der Waals surface area (Å²) in [6.45, 7) is 4.00. The molecule has 0 bridgehead atoms. The van der Waals surface area contributed by atoms with Crippen LogP contribution in [0.4, 0.5) is 11.4 Å². The van der Waals surface area contributed by atoms with E-state index in [1.165, 1.54) is 0 Å². The topological polar surface area (TPSA) is 88.9 Å². The van der Waals surface area contributed by atoms with Crippen molar-refractivity contribution in [3.05, 3.63) is 90.9 Å². The van der Waals surface area contributed by atoms with Crippen molar-refractivity contribution in [2.75, 3.05) is 10.6 Å². The lowest BCUT2D eigenvalue weighted by molar-refractivity contribution is -0.116. The van der Waals surface area contributed by atoms with E-state index in [1.54, 1.807) is 47.5 Å². The molecular formula is C26H25N5O2. The Morgan fingerprint density at radius 1 is 0.909 bits per heavy atom. The summed E-state index contributed by atoms with van der Waals surface area (Å²) in [6, 6.07) is 20.3. The van der Waals surface area contributed by atoms with Crippen LogP contribution in [-0.2, 0) is 4.79 Å². The van der Waals surface area contributed by atoms with Gasteiger partial charge in [0.1, 0.15) is 5.69 Å². The van der Waals surface area contributed by atoms with E-state index in [-0.39, 0.29) is 17.7 Å². The second kappa shape index (κ2) is 9.91. The summed E-state index contributed by atoms with van der Waals surface area (Å²) < 4.78 is 1.69. The highest BCUT2D eigenvalue weighted by molar-refractivity contribution is 6.08. The van der Waals surface area contributed by atoms with Gasteiger partial charge in [0.25, 0.3) is 5.91 Å². The van der Waals surface area contributed by atoms with Gasteiger partial charge in [-0.15, -0.1) is 0 Å². The molecule has 0 aliphatic rings. The number of pyridine rings is 1. The van der Waals surface area contributed by atoms with Crippen molar-refractivity contribution < 1.29 is 9.59 Å². The maximum absolute atomic E-state index is 13.2. The highest BCUT2D eigenvalue weighted by Gasteiger charge is 2.19. The largest absolute Gasteiger partial charge is 0.326 e. The molecule has 33 heavy (non-hydrogen) atoms. The quantitative estimate of drug-likeness (QED) is 0.416. The molecule has 0 saturated carbocycles. The minimum absolute atomic E-state index is 0.0313. The van der Waals surface area contributed by atoms with Crippen LogP contribution in [0.2, 0.25) is 0 Å². The van der Waals surface area contributed by atoms with Gasteiger partial charge in [0.05, 0.1) is 11.3 Å². The zero-order valence-corrected chi connectivity index (χ0v) is 18.5. The number of aromatic nitrogens is 3. The van der Waals surface area contributed by atoms with Crippen LogP contribution in [0.15, 0.2) is 85.3 Å². The van der Waals surface area contributed by atoms with Crippen molar-refractivity contribution in [1.82, 2.24) is 14.8 Å². The van der Waals surface area contributed by atoms with Crippen molar-refractivity contribution in [1.29, 1.82) is 0 Å². The van der Waals surface area contributed by atoms with Crippen LogP contribution in [0.25, 0.3) is 16.9 Å². The zero-order chi connectivity index (χ0) is 23.2. The summed E-state index contributed by atoms with van der Waals surface area (Å²) in [5, 5.41) is 10.4. The van der Waals surface area contributed by atoms with Crippen LogP contribution in [0.3, 0.4) is 0 Å². The number of para-hydroxylation sites is 1. The van der Waals surface area contributed by atoms with E-state index in [9.17, 15) is 9.59 Å². The minimum atomic E-state index is -0.285. The molecule has 2 heterocycles. The molecule has 4 aromatic rings. The first-order chi connectivity index (χ1) is 16.0. The molecule has 4 rings (SSSR count). The van der Waals surface area contributed by atoms with Crippen LogP contribution in [0.5, 0.6) is 0 Å². The van der Waals surface area contributed by atoms with Crippen LogP contribution in [0.1, 0.15) is 30.6 Å². The Hall–Kier alpha value is -4.26. The molecule has 7 heteroatoms. The molecule has 2 N–H and O–H groups in total. The first-order valence-corrected chi connectivity index (χ1v) is 10.8. The molecule has 2 aromatic heterocycles. The smallest absolute Gasteiger partial charge is 0.259 e. The number of benzene rings is 2. The summed E-state index contributed by atoms with van der Waals surface area (Å²) in [6.07, 6.45) is 5.54. The molecule has 0 aliphatic heterocycles. The fourth-order valence-corrected chi connectivity index (χ4v) is 3.39. The van der Waals surface area contributed by atoms with Crippen LogP contribution in [-0.4, -0.2) is 26.6 Å². The maximum Gasteiger partial charge on any atom is 0.259 e. The molecule has 0 spiro atoms. The van der Waals surface area contributed by atoms with Crippen LogP contribution in [0, 0.1) is 5.92 Å². The third-order valence-electron chi connectivity index (χ3n) is 4.93. The van der Waals surface area contributed by atoms with E-state index in [0.29, 0.717) is 29.1 Å². The molecule has 0 saturated heterocycles. The fraction of sp³-hybridized carbons (Fsp3) is 0.154. The standard InChI is InChI=1S/C26H25N5O2/c1-18(2)15-24(32)28-20-10-12-21(13-11-20)29-26(33)23-17-31(22-8-4-3-5-9-22)30-25(23)19-7-6-14-27-16-19/h3-14,16-18H,15H2,1-2H3,(H,28,32)(H,29,33). The predicted molar refractivity (Wildman–Crippen MR) is 129 cm³/mol. The lowest BCUT2D eigenvalue weighted by Gasteiger charge is -2.09. The van der Waals surface area contributed by atoms with E-state index >= 15 is 0 Å². The van der Waals surface area contributed by atoms with Crippen molar-refractivity contribution in [2.45, 2.75) is 20.3 Å². The molecule has 2 aromatic carbocycles. The molecule has 0 fully saturated rings. The molecule has 2 amide bonds. The van der Waals surface area contributed by atoms with E-state index < -0.39 is 0 Å². The second-order valence-electron chi connectivity index (χ2n) is 8.09. The summed E-state index contributed by atoms with van der Waals surface area (Å²) in [4.78, 5) is 29.3. The number of rotatable bonds is 7. The Morgan fingerprint density at radius 2 is 1.61 bits per heavy atom. The summed E-state index contributed by atoms with van der Waals surface area (Å²) in [5.74, 6) is -0.0294. The molecule has 0 radical (unpaired) electrons. The number of carbonyl (C=O) groups excluding carboxylic acids is 2. The van der Waals surface area contributed by atoms with E-state index in [1.807, 2.05) is 56.3 Å². The van der Waals surface area contributed by atoms with Gasteiger partial charge in [-0.1, -0.05) is 32.0 Å². The molecular weight excluding hydrogens is 414 g/mol. The van der Waals surface area contributed by atoms with Gasteiger partial charge in [0.15, 0.2) is 0 Å². The average molecular weight is 440 g/mol. The highest BCUT2D eigenvalue weighted by Crippen LogP contribution is 2.24.